The highest BCUT2D eigenvalue weighted by molar-refractivity contribution is 7.69. The molecular formula is C9H13O3P+. The van der Waals surface area contributed by atoms with Gasteiger partial charge in [-0.25, -0.2) is 0 Å². The quantitative estimate of drug-likeness (QED) is 0.694. The first kappa shape index (κ1) is 10.6. The van der Waals surface area contributed by atoms with Gasteiger partial charge in [0.05, 0.1) is 21.3 Å². The van der Waals surface area contributed by atoms with Crippen molar-refractivity contribution in [3.05, 3.63) is 30.3 Å². The zero-order chi connectivity index (χ0) is 9.73. The highest BCUT2D eigenvalue weighted by Crippen LogP contribution is 2.58. The molecule has 0 atom stereocenters. The second kappa shape index (κ2) is 4.68. The van der Waals surface area contributed by atoms with Gasteiger partial charge in [-0.2, -0.15) is 13.6 Å². The van der Waals surface area contributed by atoms with E-state index in [-0.39, 0.29) is 0 Å². The average molecular weight is 200 g/mol. The smallest absolute Gasteiger partial charge is 0.177 e. The van der Waals surface area contributed by atoms with Crippen molar-refractivity contribution in [3.63, 3.8) is 0 Å². The van der Waals surface area contributed by atoms with Crippen molar-refractivity contribution in [3.8, 4) is 0 Å². The lowest BCUT2D eigenvalue weighted by Crippen LogP contribution is -2.15. The van der Waals surface area contributed by atoms with Gasteiger partial charge in [0.2, 0.25) is 0 Å². The molecule has 0 aromatic heterocycles. The van der Waals surface area contributed by atoms with E-state index in [4.69, 9.17) is 13.6 Å². The normalized spacial score (nSPS) is 11.6. The molecule has 1 rings (SSSR count). The van der Waals surface area contributed by atoms with E-state index >= 15 is 0 Å². The first-order chi connectivity index (χ1) is 6.29. The first-order valence-corrected chi connectivity index (χ1v) is 5.36. The summed E-state index contributed by atoms with van der Waals surface area (Å²) >= 11 is 0. The van der Waals surface area contributed by atoms with Gasteiger partial charge in [0.15, 0.2) is 5.30 Å². The molecule has 0 fully saturated rings. The molecule has 71 valence electrons. The number of rotatable bonds is 4. The maximum Gasteiger partial charge on any atom is 0.447 e. The van der Waals surface area contributed by atoms with Crippen LogP contribution in [0, 0.1) is 6.07 Å². The van der Waals surface area contributed by atoms with Gasteiger partial charge in [-0.05, 0) is 18.2 Å². The molecule has 0 bridgehead atoms. The fourth-order valence-electron chi connectivity index (χ4n) is 1.10. The minimum absolute atomic E-state index is 0.916. The van der Waals surface area contributed by atoms with Crippen LogP contribution in [0.25, 0.3) is 0 Å². The Bertz CT molecular complexity index is 238. The lowest BCUT2D eigenvalue weighted by atomic mass is 10.4. The van der Waals surface area contributed by atoms with Crippen molar-refractivity contribution < 1.29 is 13.6 Å². The number of benzene rings is 1. The molecule has 0 aliphatic heterocycles. The molecule has 0 amide bonds. The van der Waals surface area contributed by atoms with E-state index in [1.165, 1.54) is 0 Å². The third-order valence-electron chi connectivity index (χ3n) is 1.74. The fraction of sp³-hybridized carbons (Fsp3) is 0.333. The van der Waals surface area contributed by atoms with E-state index in [1.807, 2.05) is 12.1 Å². The van der Waals surface area contributed by atoms with E-state index in [0.717, 1.165) is 5.30 Å². The summed E-state index contributed by atoms with van der Waals surface area (Å²) in [4.78, 5) is 0. The maximum absolute atomic E-state index is 5.28. The summed E-state index contributed by atoms with van der Waals surface area (Å²) in [6.45, 7) is 0. The van der Waals surface area contributed by atoms with Crippen LogP contribution in [0.1, 0.15) is 0 Å². The number of hydrogen-bond donors (Lipinski definition) is 0. The summed E-state index contributed by atoms with van der Waals surface area (Å²) in [6, 6.07) is 10.3. The Morgan fingerprint density at radius 2 is 1.46 bits per heavy atom. The Hall–Kier alpha value is -0.470. The standard InChI is InChI=1S/C9H13O3P/c1-10-13(11-2,12-3)9-7-5-4-6-8-9/h5-8H,1-3H3/q+1. The van der Waals surface area contributed by atoms with Crippen LogP contribution in [0.15, 0.2) is 24.3 Å². The molecule has 1 radical (unpaired) electrons. The topological polar surface area (TPSA) is 27.7 Å². The van der Waals surface area contributed by atoms with Gasteiger partial charge >= 0.3 is 7.94 Å². The van der Waals surface area contributed by atoms with E-state index in [9.17, 15) is 0 Å². The summed E-state index contributed by atoms with van der Waals surface area (Å²) in [7, 11) is 2.43. The average Bonchev–Trinajstić information content (AvgIpc) is 2.23. The molecule has 0 saturated heterocycles. The van der Waals surface area contributed by atoms with Crippen molar-refractivity contribution >= 4 is 13.2 Å². The molecule has 3 nitrogen and oxygen atoms in total. The highest BCUT2D eigenvalue weighted by atomic mass is 31.2. The van der Waals surface area contributed by atoms with E-state index in [1.54, 1.807) is 33.5 Å². The molecular weight excluding hydrogens is 187 g/mol. The van der Waals surface area contributed by atoms with Crippen molar-refractivity contribution in [2.45, 2.75) is 0 Å². The lowest BCUT2D eigenvalue weighted by molar-refractivity contribution is 0.222. The molecule has 1 aromatic rings. The third kappa shape index (κ3) is 2.06. The van der Waals surface area contributed by atoms with Gasteiger partial charge < -0.3 is 0 Å². The van der Waals surface area contributed by atoms with Gasteiger partial charge in [-0.15, -0.1) is 0 Å². The molecule has 0 unspecified atom stereocenters. The minimum atomic E-state index is -2.31. The monoisotopic (exact) mass is 200 g/mol. The molecule has 0 aliphatic rings. The van der Waals surface area contributed by atoms with E-state index < -0.39 is 7.94 Å². The van der Waals surface area contributed by atoms with Crippen LogP contribution >= 0.6 is 7.94 Å². The van der Waals surface area contributed by atoms with E-state index in [2.05, 4.69) is 6.07 Å². The van der Waals surface area contributed by atoms with Crippen LogP contribution in [0.2, 0.25) is 0 Å². The SMILES string of the molecule is CO[P+](OC)(OC)c1cc[c]cc1. The molecule has 0 N–H and O–H groups in total. The van der Waals surface area contributed by atoms with Crippen molar-refractivity contribution in [1.29, 1.82) is 0 Å². The second-order valence-electron chi connectivity index (χ2n) is 2.30. The fourth-order valence-corrected chi connectivity index (χ4v) is 2.69. The largest absolute Gasteiger partial charge is 0.447 e. The van der Waals surface area contributed by atoms with Gasteiger partial charge in [0.1, 0.15) is 0 Å². The van der Waals surface area contributed by atoms with Gasteiger partial charge in [-0.1, -0.05) is 12.1 Å². The van der Waals surface area contributed by atoms with Crippen molar-refractivity contribution in [2.24, 2.45) is 0 Å². The maximum atomic E-state index is 5.28. The van der Waals surface area contributed by atoms with Crippen LogP contribution in [0.5, 0.6) is 0 Å². The summed E-state index contributed by atoms with van der Waals surface area (Å²) in [5.74, 6) is 0. The lowest BCUT2D eigenvalue weighted by Gasteiger charge is -2.15. The third-order valence-corrected chi connectivity index (χ3v) is 4.11. The summed E-state index contributed by atoms with van der Waals surface area (Å²) in [5.41, 5.74) is 0. The van der Waals surface area contributed by atoms with Gasteiger partial charge in [0, 0.05) is 0 Å². The Morgan fingerprint density at radius 1 is 1.00 bits per heavy atom. The Balaban J connectivity index is 3.01. The van der Waals surface area contributed by atoms with Gasteiger partial charge in [0.25, 0.3) is 0 Å². The Morgan fingerprint density at radius 3 is 1.85 bits per heavy atom. The van der Waals surface area contributed by atoms with Crippen LogP contribution < -0.4 is 5.30 Å². The predicted molar refractivity (Wildman–Crippen MR) is 52.9 cm³/mol. The molecule has 1 aromatic carbocycles. The summed E-state index contributed by atoms with van der Waals surface area (Å²) in [5, 5.41) is 0.916. The molecule has 0 spiro atoms. The van der Waals surface area contributed by atoms with Crippen molar-refractivity contribution in [2.75, 3.05) is 21.3 Å². The Kier molecular flexibility index (Phi) is 3.82. The van der Waals surface area contributed by atoms with Gasteiger partial charge in [-0.3, -0.25) is 0 Å². The second-order valence-corrected chi connectivity index (χ2v) is 4.91. The first-order valence-electron chi connectivity index (χ1n) is 3.82. The Labute approximate surface area is 79.2 Å². The highest BCUT2D eigenvalue weighted by Gasteiger charge is 2.44. The number of hydrogen-bond acceptors (Lipinski definition) is 3. The zero-order valence-electron chi connectivity index (χ0n) is 7.98. The summed E-state index contributed by atoms with van der Waals surface area (Å²) in [6.07, 6.45) is 0. The van der Waals surface area contributed by atoms with Crippen LogP contribution in [-0.2, 0) is 13.6 Å². The molecule has 0 aliphatic carbocycles. The molecule has 0 saturated carbocycles. The predicted octanol–water partition coefficient (Wildman–Crippen LogP) is 1.81. The van der Waals surface area contributed by atoms with E-state index in [0.29, 0.717) is 0 Å². The summed E-state index contributed by atoms with van der Waals surface area (Å²) < 4.78 is 15.8. The molecule has 13 heavy (non-hydrogen) atoms. The molecule has 0 heterocycles. The minimum Gasteiger partial charge on any atom is -0.177 e. The van der Waals surface area contributed by atoms with Crippen LogP contribution in [0.3, 0.4) is 0 Å². The van der Waals surface area contributed by atoms with Crippen LogP contribution in [0.4, 0.5) is 0 Å². The zero-order valence-corrected chi connectivity index (χ0v) is 8.88. The van der Waals surface area contributed by atoms with Crippen LogP contribution in [-0.4, -0.2) is 21.3 Å². The van der Waals surface area contributed by atoms with Crippen molar-refractivity contribution in [1.82, 2.24) is 0 Å². The molecule has 4 heteroatoms.